The Kier molecular flexibility index (Phi) is 5.28. The van der Waals surface area contributed by atoms with Gasteiger partial charge in [-0.3, -0.25) is 0 Å². The quantitative estimate of drug-likeness (QED) is 0.190. The first-order valence-corrected chi connectivity index (χ1v) is 16.5. The molecular formula is C45H26O4. The van der Waals surface area contributed by atoms with Crippen molar-refractivity contribution in [2.75, 3.05) is 0 Å². The van der Waals surface area contributed by atoms with Crippen LogP contribution in [-0.4, -0.2) is 0 Å². The molecular weight excluding hydrogens is 604 g/mol. The number of para-hydroxylation sites is 4. The molecule has 0 unspecified atom stereocenters. The Hall–Kier alpha value is -6.52. The second-order valence-corrected chi connectivity index (χ2v) is 12.9. The molecule has 0 amide bonds. The van der Waals surface area contributed by atoms with E-state index in [0.29, 0.717) is 11.5 Å². The number of fused-ring (bicyclic) bond motifs is 9. The van der Waals surface area contributed by atoms with Crippen molar-refractivity contribution in [3.63, 3.8) is 0 Å². The number of ether oxygens (including phenoxy) is 4. The molecule has 0 saturated heterocycles. The van der Waals surface area contributed by atoms with Crippen LogP contribution in [0.4, 0.5) is 0 Å². The van der Waals surface area contributed by atoms with Gasteiger partial charge in [-0.1, -0.05) is 97.1 Å². The molecule has 0 aromatic heterocycles. The minimum Gasteiger partial charge on any atom is -0.449 e. The van der Waals surface area contributed by atoms with E-state index in [1.54, 1.807) is 0 Å². The third kappa shape index (κ3) is 3.74. The summed E-state index contributed by atoms with van der Waals surface area (Å²) in [5.41, 5.74) is 6.79. The fraction of sp³-hybridized carbons (Fsp3) is 0.0222. The van der Waals surface area contributed by atoms with Gasteiger partial charge in [0.25, 0.3) is 0 Å². The van der Waals surface area contributed by atoms with E-state index in [4.69, 9.17) is 18.9 Å². The first kappa shape index (κ1) is 26.5. The molecule has 1 aliphatic carbocycles. The summed E-state index contributed by atoms with van der Waals surface area (Å²) in [4.78, 5) is 0. The first-order chi connectivity index (χ1) is 24.2. The Balaban J connectivity index is 1.14. The van der Waals surface area contributed by atoms with E-state index in [1.165, 1.54) is 33.4 Å². The summed E-state index contributed by atoms with van der Waals surface area (Å²) in [5, 5.41) is 4.34. The summed E-state index contributed by atoms with van der Waals surface area (Å²) in [7, 11) is 0. The van der Waals surface area contributed by atoms with Gasteiger partial charge in [0, 0.05) is 0 Å². The Labute approximate surface area is 282 Å². The second-order valence-electron chi connectivity index (χ2n) is 12.9. The van der Waals surface area contributed by atoms with Crippen LogP contribution in [0.15, 0.2) is 158 Å². The smallest absolute Gasteiger partial charge is 0.170 e. The van der Waals surface area contributed by atoms with Crippen LogP contribution in [0.1, 0.15) is 22.3 Å². The fourth-order valence-electron chi connectivity index (χ4n) is 8.03. The van der Waals surface area contributed by atoms with Gasteiger partial charge in [0.05, 0.1) is 5.41 Å². The van der Waals surface area contributed by atoms with E-state index in [2.05, 4.69) is 109 Å². The molecule has 2 heterocycles. The summed E-state index contributed by atoms with van der Waals surface area (Å²) in [6.07, 6.45) is 0. The Morgan fingerprint density at radius 3 is 1.04 bits per heavy atom. The van der Waals surface area contributed by atoms with Gasteiger partial charge in [0.15, 0.2) is 46.0 Å². The molecule has 0 fully saturated rings. The molecule has 230 valence electrons. The molecule has 0 saturated carbocycles. The van der Waals surface area contributed by atoms with Crippen molar-refractivity contribution in [2.45, 2.75) is 5.41 Å². The lowest BCUT2D eigenvalue weighted by Crippen LogP contribution is -2.28. The molecule has 49 heavy (non-hydrogen) atoms. The Morgan fingerprint density at radius 1 is 0.286 bits per heavy atom. The summed E-state index contributed by atoms with van der Waals surface area (Å²) >= 11 is 0. The van der Waals surface area contributed by atoms with Gasteiger partial charge in [-0.25, -0.2) is 0 Å². The summed E-state index contributed by atoms with van der Waals surface area (Å²) in [6, 6.07) is 55.2. The van der Waals surface area contributed by atoms with Crippen molar-refractivity contribution in [2.24, 2.45) is 0 Å². The van der Waals surface area contributed by atoms with Crippen LogP contribution < -0.4 is 18.9 Å². The molecule has 3 aliphatic rings. The third-order valence-corrected chi connectivity index (χ3v) is 10.2. The maximum Gasteiger partial charge on any atom is 0.170 e. The van der Waals surface area contributed by atoms with Crippen molar-refractivity contribution in [3.8, 4) is 57.1 Å². The van der Waals surface area contributed by atoms with E-state index in [-0.39, 0.29) is 0 Å². The van der Waals surface area contributed by atoms with E-state index in [1.807, 2.05) is 48.5 Å². The molecule has 0 radical (unpaired) electrons. The lowest BCUT2D eigenvalue weighted by atomic mass is 9.67. The molecule has 0 spiro atoms. The normalized spacial score (nSPS) is 14.1. The zero-order valence-electron chi connectivity index (χ0n) is 26.1. The zero-order chi connectivity index (χ0) is 32.1. The van der Waals surface area contributed by atoms with Crippen LogP contribution in [0.2, 0.25) is 0 Å². The van der Waals surface area contributed by atoms with E-state index in [9.17, 15) is 0 Å². The maximum atomic E-state index is 6.34. The van der Waals surface area contributed by atoms with Gasteiger partial charge in [-0.15, -0.1) is 0 Å². The van der Waals surface area contributed by atoms with E-state index < -0.39 is 5.41 Å². The lowest BCUT2D eigenvalue weighted by Gasteiger charge is -2.34. The molecule has 0 atom stereocenters. The molecule has 4 heteroatoms. The summed E-state index contributed by atoms with van der Waals surface area (Å²) < 4.78 is 25.2. The predicted molar refractivity (Wildman–Crippen MR) is 192 cm³/mol. The predicted octanol–water partition coefficient (Wildman–Crippen LogP) is 12.2. The van der Waals surface area contributed by atoms with Crippen LogP contribution in [0.25, 0.3) is 32.7 Å². The largest absolute Gasteiger partial charge is 0.449 e. The van der Waals surface area contributed by atoms with E-state index in [0.717, 1.165) is 56.0 Å². The van der Waals surface area contributed by atoms with Crippen LogP contribution in [0.3, 0.4) is 0 Å². The Morgan fingerprint density at radius 2 is 0.633 bits per heavy atom. The van der Waals surface area contributed by atoms with Gasteiger partial charge < -0.3 is 18.9 Å². The molecule has 4 nitrogen and oxygen atoms in total. The fourth-order valence-corrected chi connectivity index (χ4v) is 8.03. The van der Waals surface area contributed by atoms with Gasteiger partial charge in [-0.2, -0.15) is 0 Å². The highest BCUT2D eigenvalue weighted by atomic mass is 16.6. The minimum atomic E-state index is -0.574. The van der Waals surface area contributed by atoms with Crippen molar-refractivity contribution in [1.82, 2.24) is 0 Å². The number of rotatable bonds is 2. The van der Waals surface area contributed by atoms with Gasteiger partial charge in [0.2, 0.25) is 0 Å². The summed E-state index contributed by atoms with van der Waals surface area (Å²) in [5.74, 6) is 5.75. The third-order valence-electron chi connectivity index (χ3n) is 10.2. The number of hydrogen-bond donors (Lipinski definition) is 0. The van der Waals surface area contributed by atoms with Crippen molar-refractivity contribution in [1.29, 1.82) is 0 Å². The average molecular weight is 631 g/mol. The van der Waals surface area contributed by atoms with Crippen LogP contribution >= 0.6 is 0 Å². The molecule has 8 aromatic carbocycles. The van der Waals surface area contributed by atoms with Gasteiger partial charge in [0.1, 0.15) is 0 Å². The lowest BCUT2D eigenvalue weighted by molar-refractivity contribution is 0.360. The standard InChI is InChI=1S/C45H26O4/c1-3-11-35-33(9-1)34-10-2-4-12-36(34)45(35,31-19-17-27-23-41-43(25-29(27)21-31)48-39-15-7-5-13-37(39)46-41)32-20-18-28-24-42-44(26-30(28)22-32)49-40-16-8-6-14-38(40)47-42/h1-26H. The van der Waals surface area contributed by atoms with Crippen molar-refractivity contribution < 1.29 is 18.9 Å². The van der Waals surface area contributed by atoms with Crippen molar-refractivity contribution in [3.05, 3.63) is 180 Å². The Bertz CT molecular complexity index is 2500. The van der Waals surface area contributed by atoms with Crippen LogP contribution in [0.5, 0.6) is 46.0 Å². The highest BCUT2D eigenvalue weighted by molar-refractivity contribution is 5.93. The summed E-state index contributed by atoms with van der Waals surface area (Å²) in [6.45, 7) is 0. The number of benzene rings is 8. The highest BCUT2D eigenvalue weighted by Crippen LogP contribution is 2.57. The highest BCUT2D eigenvalue weighted by Gasteiger charge is 2.46. The monoisotopic (exact) mass is 630 g/mol. The molecule has 2 aliphatic heterocycles. The average Bonchev–Trinajstić information content (AvgIpc) is 3.45. The first-order valence-electron chi connectivity index (χ1n) is 16.5. The minimum absolute atomic E-state index is 0.574. The van der Waals surface area contributed by atoms with Crippen LogP contribution in [-0.2, 0) is 5.41 Å². The maximum absolute atomic E-state index is 6.34. The molecule has 0 bridgehead atoms. The van der Waals surface area contributed by atoms with Crippen LogP contribution in [0, 0.1) is 0 Å². The zero-order valence-corrected chi connectivity index (χ0v) is 26.1. The SMILES string of the molecule is c1ccc2c(c1)Oc1cc3ccc(C4(c5ccc6cc7c(cc6c5)Oc5ccccc5O7)c5ccccc5-c5ccccc54)cc3cc1O2. The molecule has 0 N–H and O–H groups in total. The molecule has 11 rings (SSSR count). The topological polar surface area (TPSA) is 36.9 Å². The van der Waals surface area contributed by atoms with Crippen molar-refractivity contribution >= 4 is 21.5 Å². The van der Waals surface area contributed by atoms with Gasteiger partial charge >= 0.3 is 0 Å². The molecule has 8 aromatic rings. The van der Waals surface area contributed by atoms with Gasteiger partial charge in [-0.05, 0) is 116 Å². The van der Waals surface area contributed by atoms with E-state index >= 15 is 0 Å². The second kappa shape index (κ2) is 9.75. The number of hydrogen-bond acceptors (Lipinski definition) is 4.